The van der Waals surface area contributed by atoms with Crippen LogP contribution in [-0.4, -0.2) is 9.61 Å². The second-order valence-electron chi connectivity index (χ2n) is 15.2. The summed E-state index contributed by atoms with van der Waals surface area (Å²) in [5.74, 6) is 0. The highest BCUT2D eigenvalue weighted by Crippen LogP contribution is 2.44. The molecule has 0 saturated heterocycles. The van der Waals surface area contributed by atoms with Crippen molar-refractivity contribution in [3.8, 4) is 55.9 Å². The average Bonchev–Trinajstić information content (AvgIpc) is 3.74. The summed E-state index contributed by atoms with van der Waals surface area (Å²) in [6, 6.07) is 84.8. The van der Waals surface area contributed by atoms with Crippen molar-refractivity contribution < 1.29 is 0 Å². The molecule has 11 aromatic rings. The van der Waals surface area contributed by atoms with Crippen molar-refractivity contribution in [2.45, 2.75) is 0 Å². The molecule has 60 heavy (non-hydrogen) atoms. The Hall–Kier alpha value is -8.01. The van der Waals surface area contributed by atoms with E-state index in [4.69, 9.17) is 5.10 Å². The lowest BCUT2D eigenvalue weighted by atomic mass is 9.96. The third-order valence-corrected chi connectivity index (χ3v) is 11.6. The molecule has 0 unspecified atom stereocenters. The predicted octanol–water partition coefficient (Wildman–Crippen LogP) is 15.4. The maximum Gasteiger partial charge on any atom is 0.101 e. The smallest absolute Gasteiger partial charge is 0.101 e. The standard InChI is InChI=1S/C57H39N3/c1-5-15-40(16-6-1)42-27-32-50(33-28-42)59(51-34-29-43(30-35-51)48-26-25-41-17-13-14-24-47(41)37-48)52-36-31-49-38-54(44-18-7-2-8-19-44)60-57(53(49)39-52)55(45-20-9-3-10-21-45)56(58-60)46-22-11-4-12-23-46/h1-39H. The molecule has 0 saturated carbocycles. The van der Waals surface area contributed by atoms with Gasteiger partial charge in [0.1, 0.15) is 5.69 Å². The SMILES string of the molecule is c1ccc(-c2ccc(N(c3ccc(-c4ccc5ccccc5c4)cc3)c3ccc4cc(-c5ccccc5)n5nc(-c6ccccc6)c(-c6ccccc6)c5c4c3)cc2)cc1. The Morgan fingerprint density at radius 1 is 0.317 bits per heavy atom. The number of hydrogen-bond acceptors (Lipinski definition) is 2. The zero-order chi connectivity index (χ0) is 39.8. The van der Waals surface area contributed by atoms with Gasteiger partial charge in [0, 0.05) is 39.1 Å². The first-order valence-electron chi connectivity index (χ1n) is 20.5. The van der Waals surface area contributed by atoms with E-state index in [1.165, 1.54) is 33.0 Å². The van der Waals surface area contributed by atoms with Crippen LogP contribution in [0.2, 0.25) is 0 Å². The molecule has 282 valence electrons. The van der Waals surface area contributed by atoms with Crippen LogP contribution in [0.15, 0.2) is 237 Å². The molecule has 0 N–H and O–H groups in total. The van der Waals surface area contributed by atoms with Crippen LogP contribution in [0.25, 0.3) is 83.0 Å². The Bertz CT molecular complexity index is 3270. The lowest BCUT2D eigenvalue weighted by Crippen LogP contribution is -2.10. The van der Waals surface area contributed by atoms with E-state index >= 15 is 0 Å². The molecular weight excluding hydrogens is 727 g/mol. The molecule has 2 heterocycles. The van der Waals surface area contributed by atoms with E-state index < -0.39 is 0 Å². The molecule has 0 amide bonds. The van der Waals surface area contributed by atoms with Gasteiger partial charge in [-0.05, 0) is 92.5 Å². The van der Waals surface area contributed by atoms with E-state index in [2.05, 4.69) is 246 Å². The minimum atomic E-state index is 0.953. The molecule has 2 aromatic heterocycles. The second-order valence-corrected chi connectivity index (χ2v) is 15.2. The fourth-order valence-electron chi connectivity index (χ4n) is 8.61. The summed E-state index contributed by atoms with van der Waals surface area (Å²) in [5, 5.41) is 10.2. The second kappa shape index (κ2) is 15.1. The number of rotatable bonds is 8. The van der Waals surface area contributed by atoms with Gasteiger partial charge in [-0.15, -0.1) is 0 Å². The molecule has 0 radical (unpaired) electrons. The highest BCUT2D eigenvalue weighted by atomic mass is 15.2. The molecule has 0 fully saturated rings. The summed E-state index contributed by atoms with van der Waals surface area (Å²) in [6.07, 6.45) is 0. The Morgan fingerprint density at radius 3 is 1.42 bits per heavy atom. The van der Waals surface area contributed by atoms with Crippen molar-refractivity contribution in [3.63, 3.8) is 0 Å². The molecule has 3 nitrogen and oxygen atoms in total. The van der Waals surface area contributed by atoms with Gasteiger partial charge in [-0.1, -0.05) is 188 Å². The fourth-order valence-corrected chi connectivity index (χ4v) is 8.61. The Kier molecular flexibility index (Phi) is 8.83. The van der Waals surface area contributed by atoms with Crippen LogP contribution in [0.4, 0.5) is 17.1 Å². The number of fused-ring (bicyclic) bond motifs is 4. The van der Waals surface area contributed by atoms with E-state index in [-0.39, 0.29) is 0 Å². The van der Waals surface area contributed by atoms with Crippen molar-refractivity contribution in [1.29, 1.82) is 0 Å². The molecule has 0 atom stereocenters. The number of aromatic nitrogens is 2. The quantitative estimate of drug-likeness (QED) is 0.154. The van der Waals surface area contributed by atoms with Crippen LogP contribution in [-0.2, 0) is 0 Å². The predicted molar refractivity (Wildman–Crippen MR) is 252 cm³/mol. The lowest BCUT2D eigenvalue weighted by Gasteiger charge is -2.26. The number of benzene rings is 9. The molecule has 0 bridgehead atoms. The number of nitrogens with zero attached hydrogens (tertiary/aromatic N) is 3. The first kappa shape index (κ1) is 35.2. The van der Waals surface area contributed by atoms with Gasteiger partial charge in [-0.2, -0.15) is 5.10 Å². The van der Waals surface area contributed by atoms with Crippen LogP contribution in [0.1, 0.15) is 0 Å². The van der Waals surface area contributed by atoms with Crippen LogP contribution in [0, 0.1) is 0 Å². The number of hydrogen-bond donors (Lipinski definition) is 0. The van der Waals surface area contributed by atoms with Crippen LogP contribution in [0.5, 0.6) is 0 Å². The van der Waals surface area contributed by atoms with Gasteiger partial charge < -0.3 is 4.90 Å². The Balaban J connectivity index is 1.13. The van der Waals surface area contributed by atoms with E-state index in [9.17, 15) is 0 Å². The van der Waals surface area contributed by atoms with Gasteiger partial charge in [-0.25, -0.2) is 4.52 Å². The monoisotopic (exact) mass is 765 g/mol. The van der Waals surface area contributed by atoms with Crippen LogP contribution >= 0.6 is 0 Å². The van der Waals surface area contributed by atoms with Gasteiger partial charge in [0.15, 0.2) is 0 Å². The zero-order valence-electron chi connectivity index (χ0n) is 32.9. The van der Waals surface area contributed by atoms with Crippen molar-refractivity contribution in [1.82, 2.24) is 9.61 Å². The lowest BCUT2D eigenvalue weighted by molar-refractivity contribution is 0.979. The highest BCUT2D eigenvalue weighted by molar-refractivity contribution is 6.10. The van der Waals surface area contributed by atoms with Crippen molar-refractivity contribution in [2.24, 2.45) is 0 Å². The fraction of sp³-hybridized carbons (Fsp3) is 0. The normalized spacial score (nSPS) is 11.3. The van der Waals surface area contributed by atoms with Crippen LogP contribution < -0.4 is 4.90 Å². The summed E-state index contributed by atoms with van der Waals surface area (Å²) >= 11 is 0. The van der Waals surface area contributed by atoms with Gasteiger partial charge in [0.2, 0.25) is 0 Å². The van der Waals surface area contributed by atoms with Crippen molar-refractivity contribution in [2.75, 3.05) is 4.90 Å². The first-order valence-corrected chi connectivity index (χ1v) is 20.5. The first-order chi connectivity index (χ1) is 29.7. The van der Waals surface area contributed by atoms with Gasteiger partial charge in [-0.3, -0.25) is 0 Å². The molecule has 9 aromatic carbocycles. The Labute approximate surface area is 349 Å². The van der Waals surface area contributed by atoms with Crippen molar-refractivity contribution >= 4 is 44.1 Å². The summed E-state index contributed by atoms with van der Waals surface area (Å²) in [6.45, 7) is 0. The summed E-state index contributed by atoms with van der Waals surface area (Å²) in [7, 11) is 0. The molecular formula is C57H39N3. The minimum Gasteiger partial charge on any atom is -0.310 e. The summed E-state index contributed by atoms with van der Waals surface area (Å²) < 4.78 is 2.17. The van der Waals surface area contributed by atoms with E-state index in [0.29, 0.717) is 0 Å². The third-order valence-electron chi connectivity index (χ3n) is 11.6. The number of pyridine rings is 1. The average molecular weight is 766 g/mol. The topological polar surface area (TPSA) is 20.5 Å². The molecule has 0 aliphatic carbocycles. The largest absolute Gasteiger partial charge is 0.310 e. The molecule has 0 spiro atoms. The van der Waals surface area contributed by atoms with Gasteiger partial charge in [0.25, 0.3) is 0 Å². The van der Waals surface area contributed by atoms with E-state index in [1.807, 2.05) is 0 Å². The molecule has 11 rings (SSSR count). The molecule has 3 heteroatoms. The molecule has 0 aliphatic rings. The van der Waals surface area contributed by atoms with Crippen LogP contribution in [0.3, 0.4) is 0 Å². The van der Waals surface area contributed by atoms with E-state index in [0.717, 1.165) is 67.0 Å². The van der Waals surface area contributed by atoms with Gasteiger partial charge in [0.05, 0.1) is 11.2 Å². The highest BCUT2D eigenvalue weighted by Gasteiger charge is 2.23. The van der Waals surface area contributed by atoms with Crippen molar-refractivity contribution in [3.05, 3.63) is 237 Å². The zero-order valence-corrected chi connectivity index (χ0v) is 32.9. The third kappa shape index (κ3) is 6.39. The maximum absolute atomic E-state index is 5.48. The molecule has 0 aliphatic heterocycles. The summed E-state index contributed by atoms with van der Waals surface area (Å²) in [5.41, 5.74) is 15.5. The Morgan fingerprint density at radius 2 is 0.783 bits per heavy atom. The minimum absolute atomic E-state index is 0.953. The van der Waals surface area contributed by atoms with E-state index in [1.54, 1.807) is 0 Å². The maximum atomic E-state index is 5.48. The number of anilines is 3. The summed E-state index contributed by atoms with van der Waals surface area (Å²) in [4.78, 5) is 2.37. The van der Waals surface area contributed by atoms with Gasteiger partial charge >= 0.3 is 0 Å².